The summed E-state index contributed by atoms with van der Waals surface area (Å²) in [6.07, 6.45) is 2.83. The van der Waals surface area contributed by atoms with Crippen LogP contribution in [0.4, 0.5) is 0 Å². The Morgan fingerprint density at radius 2 is 1.91 bits per heavy atom. The molecule has 5 nitrogen and oxygen atoms in total. The number of esters is 1. The summed E-state index contributed by atoms with van der Waals surface area (Å²) in [4.78, 5) is 23.9. The van der Waals surface area contributed by atoms with Crippen molar-refractivity contribution in [2.45, 2.75) is 31.2 Å². The normalized spacial score (nSPS) is 34.4. The Bertz CT molecular complexity index is 593. The average Bonchev–Trinajstić information content (AvgIpc) is 3.24. The Labute approximate surface area is 134 Å². The van der Waals surface area contributed by atoms with Gasteiger partial charge in [0.1, 0.15) is 12.4 Å². The SMILES string of the molecule is O=C[C@H]1[C@H]2CC3(C[C@H]2C[C@H]1OC(=O)c1ccccc1)OCCO3. The smallest absolute Gasteiger partial charge is 0.338 e. The quantitative estimate of drug-likeness (QED) is 0.632. The second-order valence-corrected chi connectivity index (χ2v) is 6.70. The molecule has 1 heterocycles. The minimum absolute atomic E-state index is 0.180. The van der Waals surface area contributed by atoms with Crippen molar-refractivity contribution < 1.29 is 23.8 Å². The van der Waals surface area contributed by atoms with Crippen LogP contribution >= 0.6 is 0 Å². The van der Waals surface area contributed by atoms with E-state index in [1.807, 2.05) is 6.07 Å². The zero-order valence-corrected chi connectivity index (χ0v) is 12.9. The molecule has 0 bridgehead atoms. The molecule has 23 heavy (non-hydrogen) atoms. The van der Waals surface area contributed by atoms with E-state index >= 15 is 0 Å². The third-order valence-electron chi connectivity index (χ3n) is 5.42. The molecule has 0 amide bonds. The van der Waals surface area contributed by atoms with Gasteiger partial charge in [-0.3, -0.25) is 0 Å². The maximum Gasteiger partial charge on any atom is 0.338 e. The number of carbonyl (C=O) groups is 2. The highest BCUT2D eigenvalue weighted by atomic mass is 16.7. The fourth-order valence-electron chi connectivity index (χ4n) is 4.43. The van der Waals surface area contributed by atoms with Crippen LogP contribution in [0.15, 0.2) is 30.3 Å². The van der Waals surface area contributed by atoms with Gasteiger partial charge in [-0.1, -0.05) is 18.2 Å². The first-order valence-electron chi connectivity index (χ1n) is 8.20. The highest BCUT2D eigenvalue weighted by Crippen LogP contribution is 2.54. The molecule has 1 spiro atoms. The van der Waals surface area contributed by atoms with Gasteiger partial charge in [0.05, 0.1) is 24.7 Å². The first-order chi connectivity index (χ1) is 11.2. The molecule has 0 aromatic heterocycles. The molecule has 1 aromatic carbocycles. The van der Waals surface area contributed by atoms with E-state index in [0.717, 1.165) is 19.1 Å². The second-order valence-electron chi connectivity index (χ2n) is 6.70. The average molecular weight is 316 g/mol. The Morgan fingerprint density at radius 3 is 2.61 bits per heavy atom. The minimum atomic E-state index is -0.495. The van der Waals surface area contributed by atoms with Gasteiger partial charge in [-0.25, -0.2) is 4.79 Å². The van der Waals surface area contributed by atoms with Crippen molar-refractivity contribution in [3.05, 3.63) is 35.9 Å². The number of hydrogen-bond acceptors (Lipinski definition) is 5. The van der Waals surface area contributed by atoms with Crippen LogP contribution in [0, 0.1) is 17.8 Å². The van der Waals surface area contributed by atoms with Crippen LogP contribution in [0.5, 0.6) is 0 Å². The first kappa shape index (κ1) is 14.8. The van der Waals surface area contributed by atoms with Crippen molar-refractivity contribution in [3.8, 4) is 0 Å². The molecule has 2 aliphatic carbocycles. The molecule has 0 radical (unpaired) electrons. The molecule has 4 rings (SSSR count). The predicted molar refractivity (Wildman–Crippen MR) is 80.7 cm³/mol. The topological polar surface area (TPSA) is 61.8 Å². The van der Waals surface area contributed by atoms with E-state index in [-0.39, 0.29) is 23.9 Å². The Balaban J connectivity index is 1.46. The highest BCUT2D eigenvalue weighted by Gasteiger charge is 2.57. The number of hydrogen-bond donors (Lipinski definition) is 0. The summed E-state index contributed by atoms with van der Waals surface area (Å²) in [6, 6.07) is 8.91. The van der Waals surface area contributed by atoms with Gasteiger partial charge in [-0.2, -0.15) is 0 Å². The van der Waals surface area contributed by atoms with Crippen molar-refractivity contribution in [3.63, 3.8) is 0 Å². The van der Waals surface area contributed by atoms with Crippen LogP contribution in [-0.2, 0) is 19.0 Å². The fourth-order valence-corrected chi connectivity index (χ4v) is 4.43. The molecule has 0 N–H and O–H groups in total. The molecule has 1 aromatic rings. The van der Waals surface area contributed by atoms with Crippen molar-refractivity contribution >= 4 is 12.3 Å². The lowest BCUT2D eigenvalue weighted by molar-refractivity contribution is -0.158. The zero-order valence-electron chi connectivity index (χ0n) is 12.9. The van der Waals surface area contributed by atoms with Gasteiger partial charge >= 0.3 is 5.97 Å². The van der Waals surface area contributed by atoms with Gasteiger partial charge in [-0.15, -0.1) is 0 Å². The molecule has 0 unspecified atom stereocenters. The summed E-state index contributed by atoms with van der Waals surface area (Å²) in [5, 5.41) is 0. The van der Waals surface area contributed by atoms with Crippen LogP contribution in [0.3, 0.4) is 0 Å². The second kappa shape index (κ2) is 5.73. The largest absolute Gasteiger partial charge is 0.458 e. The van der Waals surface area contributed by atoms with Crippen LogP contribution in [-0.4, -0.2) is 37.4 Å². The summed E-state index contributed by atoms with van der Waals surface area (Å²) in [7, 11) is 0. The Morgan fingerprint density at radius 1 is 1.17 bits per heavy atom. The summed E-state index contributed by atoms with van der Waals surface area (Å²) in [5.74, 6) is -0.619. The van der Waals surface area contributed by atoms with Gasteiger partial charge in [0, 0.05) is 12.8 Å². The van der Waals surface area contributed by atoms with Crippen LogP contribution in [0.25, 0.3) is 0 Å². The summed E-state index contributed by atoms with van der Waals surface area (Å²) in [5.41, 5.74) is 0.521. The standard InChI is InChI=1S/C18H20O5/c19-11-15-14-10-18(21-6-7-22-18)9-13(14)8-16(15)23-17(20)12-4-2-1-3-5-12/h1-5,11,13-16H,6-10H2/t13-,14+,15+,16-/m1/s1. The van der Waals surface area contributed by atoms with Crippen molar-refractivity contribution in [1.29, 1.82) is 0 Å². The molecular formula is C18H20O5. The third-order valence-corrected chi connectivity index (χ3v) is 5.42. The number of ether oxygens (including phenoxy) is 3. The minimum Gasteiger partial charge on any atom is -0.458 e. The Kier molecular flexibility index (Phi) is 3.70. The summed E-state index contributed by atoms with van der Waals surface area (Å²) >= 11 is 0. The molecule has 1 aliphatic heterocycles. The van der Waals surface area contributed by atoms with Gasteiger partial charge in [0.2, 0.25) is 0 Å². The molecule has 122 valence electrons. The van der Waals surface area contributed by atoms with E-state index in [2.05, 4.69) is 0 Å². The number of aldehydes is 1. The molecule has 5 heteroatoms. The summed E-state index contributed by atoms with van der Waals surface area (Å²) < 4.78 is 17.2. The molecular weight excluding hydrogens is 296 g/mol. The number of fused-ring (bicyclic) bond motifs is 1. The van der Waals surface area contributed by atoms with Crippen molar-refractivity contribution in [2.75, 3.05) is 13.2 Å². The van der Waals surface area contributed by atoms with E-state index in [9.17, 15) is 9.59 Å². The fraction of sp³-hybridized carbons (Fsp3) is 0.556. The van der Waals surface area contributed by atoms with Gasteiger partial charge in [0.25, 0.3) is 0 Å². The lowest BCUT2D eigenvalue weighted by Gasteiger charge is -2.25. The molecule has 3 fully saturated rings. The van der Waals surface area contributed by atoms with Gasteiger partial charge in [-0.05, 0) is 30.4 Å². The van der Waals surface area contributed by atoms with E-state index < -0.39 is 5.79 Å². The monoisotopic (exact) mass is 316 g/mol. The van der Waals surface area contributed by atoms with Crippen LogP contribution in [0.2, 0.25) is 0 Å². The zero-order chi connectivity index (χ0) is 15.9. The molecule has 1 saturated heterocycles. The van der Waals surface area contributed by atoms with Crippen molar-refractivity contribution in [2.24, 2.45) is 17.8 Å². The predicted octanol–water partition coefficient (Wildman–Crippen LogP) is 2.20. The molecule has 2 saturated carbocycles. The van der Waals surface area contributed by atoms with E-state index in [0.29, 0.717) is 31.1 Å². The lowest BCUT2D eigenvalue weighted by atomic mass is 9.92. The van der Waals surface area contributed by atoms with E-state index in [1.165, 1.54) is 0 Å². The lowest BCUT2D eigenvalue weighted by Crippen LogP contribution is -2.32. The first-order valence-corrected chi connectivity index (χ1v) is 8.20. The van der Waals surface area contributed by atoms with Crippen molar-refractivity contribution in [1.82, 2.24) is 0 Å². The highest BCUT2D eigenvalue weighted by molar-refractivity contribution is 5.89. The molecule has 3 aliphatic rings. The molecule has 4 atom stereocenters. The maximum absolute atomic E-state index is 12.2. The van der Waals surface area contributed by atoms with Crippen LogP contribution < -0.4 is 0 Å². The number of rotatable bonds is 3. The Hall–Kier alpha value is -1.72. The maximum atomic E-state index is 12.2. The number of benzene rings is 1. The van der Waals surface area contributed by atoms with Gasteiger partial charge < -0.3 is 19.0 Å². The third kappa shape index (κ3) is 2.58. The summed E-state index contributed by atoms with van der Waals surface area (Å²) in [6.45, 7) is 1.25. The van der Waals surface area contributed by atoms with E-state index in [4.69, 9.17) is 14.2 Å². The van der Waals surface area contributed by atoms with Crippen LogP contribution in [0.1, 0.15) is 29.6 Å². The number of carbonyl (C=O) groups excluding carboxylic acids is 2. The van der Waals surface area contributed by atoms with Gasteiger partial charge in [0.15, 0.2) is 5.79 Å². The van der Waals surface area contributed by atoms with E-state index in [1.54, 1.807) is 24.3 Å².